The Morgan fingerprint density at radius 3 is 2.64 bits per heavy atom. The summed E-state index contributed by atoms with van der Waals surface area (Å²) in [5.41, 5.74) is 0.588. The zero-order valence-corrected chi connectivity index (χ0v) is 14.3. The average molecular weight is 382 g/mol. The Labute approximate surface area is 137 Å². The summed E-state index contributed by atoms with van der Waals surface area (Å²) in [7, 11) is 0. The lowest BCUT2D eigenvalue weighted by Gasteiger charge is -2.15. The molecule has 0 fully saturated rings. The van der Waals surface area contributed by atoms with E-state index in [2.05, 4.69) is 26.0 Å². The fourth-order valence-electron chi connectivity index (χ4n) is 1.77. The zero-order chi connectivity index (χ0) is 16.5. The van der Waals surface area contributed by atoms with Gasteiger partial charge in [0.2, 0.25) is 0 Å². The quantitative estimate of drug-likeness (QED) is 0.653. The Hall–Kier alpha value is -0.760. The number of aliphatic hydroxyl groups excluding tert-OH is 1. The van der Waals surface area contributed by atoms with Crippen LogP contribution in [0.25, 0.3) is 0 Å². The molecule has 0 amide bonds. The van der Waals surface area contributed by atoms with E-state index in [1.165, 1.54) is 6.07 Å². The smallest absolute Gasteiger partial charge is 0.387 e. The van der Waals surface area contributed by atoms with Crippen molar-refractivity contribution in [2.24, 2.45) is 5.92 Å². The van der Waals surface area contributed by atoms with Gasteiger partial charge in [0.15, 0.2) is 0 Å². The van der Waals surface area contributed by atoms with Crippen LogP contribution >= 0.6 is 15.9 Å². The highest BCUT2D eigenvalue weighted by Crippen LogP contribution is 2.24. The summed E-state index contributed by atoms with van der Waals surface area (Å²) in [5.74, 6) is 0.534. The number of rotatable bonds is 10. The number of hydrogen-bond donors (Lipinski definition) is 2. The molecule has 0 aliphatic rings. The molecule has 22 heavy (non-hydrogen) atoms. The first-order valence-corrected chi connectivity index (χ1v) is 7.87. The molecule has 0 aliphatic heterocycles. The van der Waals surface area contributed by atoms with E-state index in [1.54, 1.807) is 12.1 Å². The number of alkyl halides is 2. The zero-order valence-electron chi connectivity index (χ0n) is 12.7. The SMILES string of the molecule is CC(C)COCC(O)CNCc1cc(Br)ccc1OC(F)F. The largest absolute Gasteiger partial charge is 0.434 e. The molecule has 0 radical (unpaired) electrons. The Morgan fingerprint density at radius 2 is 2.00 bits per heavy atom. The van der Waals surface area contributed by atoms with E-state index in [1.807, 2.05) is 13.8 Å². The van der Waals surface area contributed by atoms with Crippen molar-refractivity contribution in [1.82, 2.24) is 5.32 Å². The minimum Gasteiger partial charge on any atom is -0.434 e. The minimum atomic E-state index is -2.87. The van der Waals surface area contributed by atoms with E-state index < -0.39 is 12.7 Å². The molecule has 1 unspecified atom stereocenters. The van der Waals surface area contributed by atoms with Gasteiger partial charge >= 0.3 is 6.61 Å². The summed E-state index contributed by atoms with van der Waals surface area (Å²) in [6.07, 6.45) is -0.648. The molecule has 0 aromatic heterocycles. The molecule has 1 rings (SSSR count). The van der Waals surface area contributed by atoms with Crippen LogP contribution in [0.2, 0.25) is 0 Å². The van der Waals surface area contributed by atoms with Crippen LogP contribution in [0.3, 0.4) is 0 Å². The Bertz CT molecular complexity index is 447. The van der Waals surface area contributed by atoms with Gasteiger partial charge in [-0.2, -0.15) is 8.78 Å². The van der Waals surface area contributed by atoms with Crippen molar-refractivity contribution < 1.29 is 23.4 Å². The molecule has 0 aliphatic carbocycles. The molecule has 126 valence electrons. The highest BCUT2D eigenvalue weighted by molar-refractivity contribution is 9.10. The monoisotopic (exact) mass is 381 g/mol. The van der Waals surface area contributed by atoms with Crippen LogP contribution in [0.4, 0.5) is 8.78 Å². The number of hydrogen-bond acceptors (Lipinski definition) is 4. The third kappa shape index (κ3) is 8.03. The van der Waals surface area contributed by atoms with Crippen molar-refractivity contribution in [3.05, 3.63) is 28.2 Å². The third-order valence-corrected chi connectivity index (χ3v) is 3.19. The number of benzene rings is 1. The lowest BCUT2D eigenvalue weighted by Crippen LogP contribution is -2.30. The Morgan fingerprint density at radius 1 is 1.27 bits per heavy atom. The van der Waals surface area contributed by atoms with Crippen molar-refractivity contribution in [1.29, 1.82) is 0 Å². The molecule has 7 heteroatoms. The van der Waals surface area contributed by atoms with E-state index in [0.29, 0.717) is 31.2 Å². The van der Waals surface area contributed by atoms with E-state index in [9.17, 15) is 13.9 Å². The third-order valence-electron chi connectivity index (χ3n) is 2.70. The van der Waals surface area contributed by atoms with Crippen molar-refractivity contribution in [2.75, 3.05) is 19.8 Å². The molecule has 1 aromatic rings. The molecular weight excluding hydrogens is 360 g/mol. The first-order chi connectivity index (χ1) is 10.4. The van der Waals surface area contributed by atoms with Gasteiger partial charge in [-0.15, -0.1) is 0 Å². The van der Waals surface area contributed by atoms with Gasteiger partial charge in [0, 0.05) is 29.7 Å². The fourth-order valence-corrected chi connectivity index (χ4v) is 2.18. The van der Waals surface area contributed by atoms with Gasteiger partial charge in [-0.1, -0.05) is 29.8 Å². The van der Waals surface area contributed by atoms with Gasteiger partial charge in [0.05, 0.1) is 12.7 Å². The van der Waals surface area contributed by atoms with E-state index in [4.69, 9.17) is 4.74 Å². The second-order valence-corrected chi connectivity index (χ2v) is 6.26. The number of nitrogens with one attached hydrogen (secondary N) is 1. The molecule has 1 aromatic carbocycles. The molecule has 0 saturated heterocycles. The second kappa shape index (κ2) is 10.1. The predicted octanol–water partition coefficient (Wildman–Crippen LogP) is 3.17. The highest BCUT2D eigenvalue weighted by Gasteiger charge is 2.11. The van der Waals surface area contributed by atoms with Gasteiger partial charge < -0.3 is 19.9 Å². The van der Waals surface area contributed by atoms with Crippen LogP contribution in [0.5, 0.6) is 5.75 Å². The number of halogens is 3. The first-order valence-electron chi connectivity index (χ1n) is 7.08. The maximum atomic E-state index is 12.3. The standard InChI is InChI=1S/C15H22BrF2NO3/c1-10(2)8-21-9-13(20)7-19-6-11-5-12(16)3-4-14(11)22-15(17)18/h3-5,10,13,15,19-20H,6-9H2,1-2H3. The van der Waals surface area contributed by atoms with E-state index in [-0.39, 0.29) is 12.4 Å². The molecule has 0 bridgehead atoms. The molecule has 1 atom stereocenters. The molecule has 4 nitrogen and oxygen atoms in total. The Balaban J connectivity index is 2.41. The van der Waals surface area contributed by atoms with Gasteiger partial charge in [-0.3, -0.25) is 0 Å². The summed E-state index contributed by atoms with van der Waals surface area (Å²) in [4.78, 5) is 0. The van der Waals surface area contributed by atoms with Crippen LogP contribution in [0.15, 0.2) is 22.7 Å². The van der Waals surface area contributed by atoms with Crippen LogP contribution in [-0.2, 0) is 11.3 Å². The number of aliphatic hydroxyl groups is 1. The summed E-state index contributed by atoms with van der Waals surface area (Å²) in [6, 6.07) is 4.82. The lowest BCUT2D eigenvalue weighted by molar-refractivity contribution is -0.0505. The summed E-state index contributed by atoms with van der Waals surface area (Å²) < 4.78 is 35.3. The highest BCUT2D eigenvalue weighted by atomic mass is 79.9. The van der Waals surface area contributed by atoms with Crippen molar-refractivity contribution in [2.45, 2.75) is 33.1 Å². The fraction of sp³-hybridized carbons (Fsp3) is 0.600. The normalized spacial score (nSPS) is 12.9. The summed E-state index contributed by atoms with van der Waals surface area (Å²) in [5, 5.41) is 12.8. The van der Waals surface area contributed by atoms with Crippen LogP contribution in [0, 0.1) is 5.92 Å². The lowest BCUT2D eigenvalue weighted by atomic mass is 10.2. The average Bonchev–Trinajstić information content (AvgIpc) is 2.41. The summed E-state index contributed by atoms with van der Waals surface area (Å²) >= 11 is 3.29. The van der Waals surface area contributed by atoms with Crippen LogP contribution < -0.4 is 10.1 Å². The van der Waals surface area contributed by atoms with Gasteiger partial charge in [-0.25, -0.2) is 0 Å². The molecule has 0 heterocycles. The van der Waals surface area contributed by atoms with Gasteiger partial charge in [0.25, 0.3) is 0 Å². The first kappa shape index (κ1) is 19.3. The van der Waals surface area contributed by atoms with Gasteiger partial charge in [0.1, 0.15) is 5.75 Å². The summed E-state index contributed by atoms with van der Waals surface area (Å²) in [6.45, 7) is 2.64. The topological polar surface area (TPSA) is 50.7 Å². The molecule has 0 saturated carbocycles. The van der Waals surface area contributed by atoms with Crippen LogP contribution in [-0.4, -0.2) is 37.6 Å². The van der Waals surface area contributed by atoms with Gasteiger partial charge in [-0.05, 0) is 24.1 Å². The van der Waals surface area contributed by atoms with Crippen molar-refractivity contribution >= 4 is 15.9 Å². The minimum absolute atomic E-state index is 0.122. The maximum Gasteiger partial charge on any atom is 0.387 e. The van der Waals surface area contributed by atoms with Crippen molar-refractivity contribution in [3.63, 3.8) is 0 Å². The van der Waals surface area contributed by atoms with E-state index in [0.717, 1.165) is 4.47 Å². The Kier molecular flexibility index (Phi) is 8.85. The van der Waals surface area contributed by atoms with Crippen molar-refractivity contribution in [3.8, 4) is 5.75 Å². The second-order valence-electron chi connectivity index (χ2n) is 5.35. The molecule has 0 spiro atoms. The van der Waals surface area contributed by atoms with Crippen LogP contribution in [0.1, 0.15) is 19.4 Å². The maximum absolute atomic E-state index is 12.3. The number of ether oxygens (including phenoxy) is 2. The molecular formula is C15H22BrF2NO3. The van der Waals surface area contributed by atoms with E-state index >= 15 is 0 Å². The molecule has 2 N–H and O–H groups in total. The predicted molar refractivity (Wildman–Crippen MR) is 84.1 cm³/mol.